The van der Waals surface area contributed by atoms with Crippen LogP contribution < -0.4 is 10.6 Å². The molecule has 5 nitrogen and oxygen atoms in total. The number of H-pyrrole nitrogens is 1. The molecule has 0 spiro atoms. The number of imidazole rings is 1. The highest BCUT2D eigenvalue weighted by Gasteiger charge is 2.17. The van der Waals surface area contributed by atoms with Gasteiger partial charge in [-0.1, -0.05) is 54.1 Å². The Labute approximate surface area is 167 Å². The van der Waals surface area contributed by atoms with Crippen molar-refractivity contribution in [2.45, 2.75) is 12.5 Å². The van der Waals surface area contributed by atoms with E-state index < -0.39 is 0 Å². The summed E-state index contributed by atoms with van der Waals surface area (Å²) >= 11 is 5.90. The highest BCUT2D eigenvalue weighted by atomic mass is 35.5. The molecule has 140 valence electrons. The number of hydrogen-bond acceptors (Lipinski definition) is 2. The number of carbonyl (C=O) groups is 1. The molecule has 0 bridgehead atoms. The van der Waals surface area contributed by atoms with Crippen molar-refractivity contribution in [2.75, 3.05) is 5.32 Å². The summed E-state index contributed by atoms with van der Waals surface area (Å²) in [6.45, 7) is 0. The monoisotopic (exact) mass is 390 g/mol. The Morgan fingerprint density at radius 3 is 2.43 bits per heavy atom. The van der Waals surface area contributed by atoms with E-state index in [-0.39, 0.29) is 12.1 Å². The lowest BCUT2D eigenvalue weighted by Crippen LogP contribution is -2.33. The number of urea groups is 1. The minimum atomic E-state index is -0.285. The van der Waals surface area contributed by atoms with Crippen molar-refractivity contribution in [1.82, 2.24) is 15.3 Å². The fourth-order valence-electron chi connectivity index (χ4n) is 3.09. The average molecular weight is 391 g/mol. The molecule has 0 aliphatic heterocycles. The van der Waals surface area contributed by atoms with Crippen LogP contribution in [0.25, 0.3) is 11.0 Å². The number of fused-ring (bicyclic) bond motifs is 1. The molecule has 0 radical (unpaired) electrons. The summed E-state index contributed by atoms with van der Waals surface area (Å²) in [7, 11) is 0. The Morgan fingerprint density at radius 2 is 1.68 bits per heavy atom. The summed E-state index contributed by atoms with van der Waals surface area (Å²) in [6, 6.07) is 24.2. The highest BCUT2D eigenvalue weighted by molar-refractivity contribution is 6.30. The largest absolute Gasteiger partial charge is 0.342 e. The first-order valence-corrected chi connectivity index (χ1v) is 9.37. The number of nitrogens with zero attached hydrogens (tertiary/aromatic N) is 1. The van der Waals surface area contributed by atoms with Gasteiger partial charge in [0.2, 0.25) is 0 Å². The molecular weight excluding hydrogens is 372 g/mol. The van der Waals surface area contributed by atoms with Crippen molar-refractivity contribution in [1.29, 1.82) is 0 Å². The average Bonchev–Trinajstić information content (AvgIpc) is 3.12. The van der Waals surface area contributed by atoms with Crippen molar-refractivity contribution >= 4 is 34.4 Å². The zero-order chi connectivity index (χ0) is 19.3. The molecule has 3 aromatic carbocycles. The number of amides is 2. The number of aromatic amines is 1. The zero-order valence-electron chi connectivity index (χ0n) is 15.0. The van der Waals surface area contributed by atoms with E-state index >= 15 is 0 Å². The van der Waals surface area contributed by atoms with Crippen LogP contribution in [0.3, 0.4) is 0 Å². The maximum Gasteiger partial charge on any atom is 0.319 e. The molecule has 3 N–H and O–H groups in total. The summed E-state index contributed by atoms with van der Waals surface area (Å²) in [6.07, 6.45) is 0.548. The van der Waals surface area contributed by atoms with Crippen LogP contribution in [0.2, 0.25) is 5.02 Å². The third-order valence-corrected chi connectivity index (χ3v) is 4.70. The number of carbonyl (C=O) groups excluding carboxylic acids is 1. The number of para-hydroxylation sites is 2. The number of nitrogens with one attached hydrogen (secondary N) is 3. The van der Waals surface area contributed by atoms with E-state index in [1.807, 2.05) is 54.6 Å². The van der Waals surface area contributed by atoms with Gasteiger partial charge in [0, 0.05) is 17.1 Å². The predicted molar refractivity (Wildman–Crippen MR) is 113 cm³/mol. The van der Waals surface area contributed by atoms with Gasteiger partial charge < -0.3 is 15.6 Å². The Morgan fingerprint density at radius 1 is 0.964 bits per heavy atom. The van der Waals surface area contributed by atoms with Crippen LogP contribution in [-0.4, -0.2) is 16.0 Å². The standard InChI is InChI=1S/C22H19ClN4O/c23-16-10-12-17(13-11-16)24-22(28)27-20(15-6-2-1-3-7-15)14-21-25-18-8-4-5-9-19(18)26-21/h1-13,20H,14H2,(H,25,26)(H2,24,27,28). The zero-order valence-corrected chi connectivity index (χ0v) is 15.8. The second-order valence-electron chi connectivity index (χ2n) is 6.47. The molecule has 28 heavy (non-hydrogen) atoms. The normalized spacial score (nSPS) is 11.9. The number of benzene rings is 3. The summed E-state index contributed by atoms with van der Waals surface area (Å²) in [5.74, 6) is 0.821. The van der Waals surface area contributed by atoms with Crippen molar-refractivity contribution < 1.29 is 4.79 Å². The van der Waals surface area contributed by atoms with E-state index in [2.05, 4.69) is 20.6 Å². The molecule has 4 rings (SSSR count). The maximum absolute atomic E-state index is 12.6. The van der Waals surface area contributed by atoms with E-state index in [4.69, 9.17) is 11.6 Å². The molecule has 1 unspecified atom stereocenters. The van der Waals surface area contributed by atoms with Gasteiger partial charge in [-0.15, -0.1) is 0 Å². The number of rotatable bonds is 5. The van der Waals surface area contributed by atoms with Crippen molar-refractivity contribution in [2.24, 2.45) is 0 Å². The first-order chi connectivity index (χ1) is 13.7. The summed E-state index contributed by atoms with van der Waals surface area (Å²) in [5.41, 5.74) is 3.58. The molecular formula is C22H19ClN4O. The second kappa shape index (κ2) is 8.15. The summed E-state index contributed by atoms with van der Waals surface area (Å²) < 4.78 is 0. The number of anilines is 1. The second-order valence-corrected chi connectivity index (χ2v) is 6.91. The van der Waals surface area contributed by atoms with Gasteiger partial charge in [-0.2, -0.15) is 0 Å². The Balaban J connectivity index is 1.53. The molecule has 2 amide bonds. The van der Waals surface area contributed by atoms with Gasteiger partial charge in [0.1, 0.15) is 5.82 Å². The minimum absolute atomic E-state index is 0.228. The molecule has 0 aliphatic carbocycles. The van der Waals surface area contributed by atoms with Crippen LogP contribution >= 0.6 is 11.6 Å². The quantitative estimate of drug-likeness (QED) is 0.431. The molecule has 1 atom stereocenters. The van der Waals surface area contributed by atoms with Gasteiger partial charge in [0.05, 0.1) is 17.1 Å². The third kappa shape index (κ3) is 4.32. The van der Waals surface area contributed by atoms with E-state index in [1.54, 1.807) is 24.3 Å². The van der Waals surface area contributed by atoms with Gasteiger partial charge in [-0.3, -0.25) is 0 Å². The van der Waals surface area contributed by atoms with Gasteiger partial charge in [-0.25, -0.2) is 9.78 Å². The van der Waals surface area contributed by atoms with E-state index in [0.29, 0.717) is 17.1 Å². The van der Waals surface area contributed by atoms with Gasteiger partial charge >= 0.3 is 6.03 Å². The van der Waals surface area contributed by atoms with Crippen molar-refractivity contribution in [3.05, 3.63) is 95.3 Å². The van der Waals surface area contributed by atoms with Crippen LogP contribution in [0, 0.1) is 0 Å². The predicted octanol–water partition coefficient (Wildman–Crippen LogP) is 5.32. The maximum atomic E-state index is 12.6. The minimum Gasteiger partial charge on any atom is -0.342 e. The smallest absolute Gasteiger partial charge is 0.319 e. The Bertz CT molecular complexity index is 1040. The van der Waals surface area contributed by atoms with Crippen LogP contribution in [0.4, 0.5) is 10.5 Å². The fourth-order valence-corrected chi connectivity index (χ4v) is 3.22. The lowest BCUT2D eigenvalue weighted by molar-refractivity contribution is 0.248. The molecule has 4 aromatic rings. The number of hydrogen-bond donors (Lipinski definition) is 3. The number of halogens is 1. The molecule has 1 aromatic heterocycles. The van der Waals surface area contributed by atoms with Gasteiger partial charge in [-0.05, 0) is 42.0 Å². The molecule has 1 heterocycles. The topological polar surface area (TPSA) is 69.8 Å². The molecule has 6 heteroatoms. The summed E-state index contributed by atoms with van der Waals surface area (Å²) in [4.78, 5) is 20.5. The Kier molecular flexibility index (Phi) is 5.26. The molecule has 0 saturated carbocycles. The Hall–Kier alpha value is -3.31. The summed E-state index contributed by atoms with van der Waals surface area (Å²) in [5, 5.41) is 6.51. The van der Waals surface area contributed by atoms with Gasteiger partial charge in [0.25, 0.3) is 0 Å². The highest BCUT2D eigenvalue weighted by Crippen LogP contribution is 2.20. The van der Waals surface area contributed by atoms with Crippen LogP contribution in [0.5, 0.6) is 0 Å². The van der Waals surface area contributed by atoms with Crippen LogP contribution in [0.15, 0.2) is 78.9 Å². The van der Waals surface area contributed by atoms with Crippen LogP contribution in [0.1, 0.15) is 17.4 Å². The van der Waals surface area contributed by atoms with Crippen LogP contribution in [-0.2, 0) is 6.42 Å². The van der Waals surface area contributed by atoms with E-state index in [9.17, 15) is 4.79 Å². The fraction of sp³-hybridized carbons (Fsp3) is 0.0909. The number of aromatic nitrogens is 2. The molecule has 0 aliphatic rings. The van der Waals surface area contributed by atoms with Gasteiger partial charge in [0.15, 0.2) is 0 Å². The SMILES string of the molecule is O=C(Nc1ccc(Cl)cc1)NC(Cc1nc2ccccc2[nH]1)c1ccccc1. The lowest BCUT2D eigenvalue weighted by atomic mass is 10.0. The van der Waals surface area contributed by atoms with E-state index in [0.717, 1.165) is 22.4 Å². The lowest BCUT2D eigenvalue weighted by Gasteiger charge is -2.19. The van der Waals surface area contributed by atoms with Crippen molar-refractivity contribution in [3.8, 4) is 0 Å². The third-order valence-electron chi connectivity index (χ3n) is 4.45. The first-order valence-electron chi connectivity index (χ1n) is 8.99. The molecule has 0 saturated heterocycles. The van der Waals surface area contributed by atoms with Crippen molar-refractivity contribution in [3.63, 3.8) is 0 Å². The first kappa shape index (κ1) is 18.1. The van der Waals surface area contributed by atoms with E-state index in [1.165, 1.54) is 0 Å². The molecule has 0 fully saturated rings.